The van der Waals surface area contributed by atoms with Crippen molar-refractivity contribution in [2.75, 3.05) is 13.1 Å². The molecule has 0 aliphatic heterocycles. The van der Waals surface area contributed by atoms with Gasteiger partial charge in [-0.25, -0.2) is 13.8 Å². The molecule has 1 aromatic heterocycles. The minimum Gasteiger partial charge on any atom is -0.350 e. The summed E-state index contributed by atoms with van der Waals surface area (Å²) in [6.45, 7) is -1.61. The number of benzene rings is 1. The fourth-order valence-corrected chi connectivity index (χ4v) is 2.26. The van der Waals surface area contributed by atoms with Crippen molar-refractivity contribution in [2.24, 2.45) is 5.73 Å². The van der Waals surface area contributed by atoms with Crippen LogP contribution in [0, 0.1) is 0 Å². The predicted molar refractivity (Wildman–Crippen MR) is 92.6 cm³/mol. The number of rotatable bonds is 6. The van der Waals surface area contributed by atoms with Crippen molar-refractivity contribution in [1.82, 2.24) is 14.9 Å². The molecule has 2 aromatic rings. The smallest absolute Gasteiger partial charge is 0.277 e. The number of alkyl halides is 2. The lowest BCUT2D eigenvalue weighted by atomic mass is 10.2. The molecule has 0 unspecified atom stereocenters. The van der Waals surface area contributed by atoms with Gasteiger partial charge in [0.25, 0.3) is 11.5 Å². The molecule has 1 aromatic carbocycles. The number of amides is 1. The highest BCUT2D eigenvalue weighted by molar-refractivity contribution is 9.10. The summed E-state index contributed by atoms with van der Waals surface area (Å²) in [6, 6.07) is 5.11. The van der Waals surface area contributed by atoms with Crippen LogP contribution in [0.4, 0.5) is 8.78 Å². The third-order valence-corrected chi connectivity index (χ3v) is 3.70. The lowest BCUT2D eigenvalue weighted by Gasteiger charge is -2.14. The van der Waals surface area contributed by atoms with Gasteiger partial charge in [0.15, 0.2) is 0 Å². The molecular weight excluding hydrogens is 410 g/mol. The summed E-state index contributed by atoms with van der Waals surface area (Å²) in [6.07, 6.45) is 1.22. The van der Waals surface area contributed by atoms with Gasteiger partial charge in [-0.3, -0.25) is 14.2 Å². The molecule has 0 fully saturated rings. The van der Waals surface area contributed by atoms with Gasteiger partial charge in [-0.1, -0.05) is 15.9 Å². The van der Waals surface area contributed by atoms with Crippen LogP contribution in [0.25, 0.3) is 10.9 Å². The fourth-order valence-electron chi connectivity index (χ4n) is 1.90. The first kappa shape index (κ1) is 20.5. The van der Waals surface area contributed by atoms with Gasteiger partial charge in [0.2, 0.25) is 5.91 Å². The summed E-state index contributed by atoms with van der Waals surface area (Å²) in [5.74, 6) is -3.72. The maximum Gasteiger partial charge on any atom is 0.277 e. The number of aryl methyl sites for hydroxylation is 1. The van der Waals surface area contributed by atoms with Crippen LogP contribution in [0.5, 0.6) is 0 Å². The van der Waals surface area contributed by atoms with Gasteiger partial charge in [0.05, 0.1) is 30.3 Å². The van der Waals surface area contributed by atoms with Crippen molar-refractivity contribution >= 4 is 45.1 Å². The number of halogens is 4. The normalized spacial score (nSPS) is 11.2. The van der Waals surface area contributed by atoms with E-state index < -0.39 is 24.9 Å². The third kappa shape index (κ3) is 5.22. The average Bonchev–Trinajstić information content (AvgIpc) is 2.53. The van der Waals surface area contributed by atoms with Crippen molar-refractivity contribution in [3.8, 4) is 0 Å². The summed E-state index contributed by atoms with van der Waals surface area (Å²) >= 11 is 3.28. The molecule has 3 N–H and O–H groups in total. The number of nitrogens with one attached hydrogen (secondary N) is 1. The molecule has 0 saturated heterocycles. The maximum atomic E-state index is 12.9. The van der Waals surface area contributed by atoms with Crippen LogP contribution in [0.15, 0.2) is 33.8 Å². The summed E-state index contributed by atoms with van der Waals surface area (Å²) in [5, 5.41) is 2.51. The van der Waals surface area contributed by atoms with Crippen molar-refractivity contribution in [3.63, 3.8) is 0 Å². The van der Waals surface area contributed by atoms with Crippen LogP contribution >= 0.6 is 28.3 Å². The zero-order valence-electron chi connectivity index (χ0n) is 12.5. The number of fused-ring (bicyclic) bond motifs is 1. The number of nitrogens with two attached hydrogens (primary N) is 1. The largest absolute Gasteiger partial charge is 0.350 e. The van der Waals surface area contributed by atoms with E-state index in [9.17, 15) is 18.4 Å². The maximum absolute atomic E-state index is 12.9. The topological polar surface area (TPSA) is 90.0 Å². The van der Waals surface area contributed by atoms with Gasteiger partial charge in [0, 0.05) is 17.4 Å². The molecule has 132 valence electrons. The number of hydrogen-bond donors (Lipinski definition) is 2. The zero-order chi connectivity index (χ0) is 17.0. The standard InChI is InChI=1S/C14H15BrF2N4O2.ClH/c15-9-1-2-11-10(5-9)13(23)21(8-20-11)4-3-12(22)19-7-14(16,17)6-18;/h1-2,5,8H,3-4,6-7,18H2,(H,19,22);1H. The Bertz CT molecular complexity index is 785. The second-order valence-corrected chi connectivity index (χ2v) is 5.91. The van der Waals surface area contributed by atoms with Crippen LogP contribution in [-0.4, -0.2) is 34.5 Å². The summed E-state index contributed by atoms with van der Waals surface area (Å²) in [4.78, 5) is 28.0. The minimum absolute atomic E-state index is 0. The zero-order valence-corrected chi connectivity index (χ0v) is 14.9. The van der Waals surface area contributed by atoms with E-state index in [-0.39, 0.29) is 30.9 Å². The van der Waals surface area contributed by atoms with Crippen LogP contribution < -0.4 is 16.6 Å². The quantitative estimate of drug-likeness (QED) is 0.737. The molecule has 0 aliphatic carbocycles. The minimum atomic E-state index is -3.14. The van der Waals surface area contributed by atoms with E-state index in [0.717, 1.165) is 4.47 Å². The molecule has 0 spiro atoms. The Labute approximate surface area is 151 Å². The van der Waals surface area contributed by atoms with E-state index >= 15 is 0 Å². The average molecular weight is 426 g/mol. The predicted octanol–water partition coefficient (Wildman–Crippen LogP) is 1.68. The molecule has 0 radical (unpaired) electrons. The first-order valence-corrected chi connectivity index (χ1v) is 7.61. The number of nitrogens with zero attached hydrogens (tertiary/aromatic N) is 2. The summed E-state index contributed by atoms with van der Waals surface area (Å²) in [7, 11) is 0. The highest BCUT2D eigenvalue weighted by atomic mass is 79.9. The van der Waals surface area contributed by atoms with Crippen LogP contribution in [0.1, 0.15) is 6.42 Å². The van der Waals surface area contributed by atoms with Gasteiger partial charge in [-0.05, 0) is 18.2 Å². The Kier molecular flexibility index (Phi) is 7.25. The first-order valence-electron chi connectivity index (χ1n) is 6.82. The fraction of sp³-hybridized carbons (Fsp3) is 0.357. The Morgan fingerprint density at radius 1 is 1.42 bits per heavy atom. The molecule has 1 amide bonds. The van der Waals surface area contributed by atoms with Crippen molar-refractivity contribution in [3.05, 3.63) is 39.4 Å². The molecule has 0 bridgehead atoms. The van der Waals surface area contributed by atoms with E-state index in [2.05, 4.69) is 26.2 Å². The Morgan fingerprint density at radius 2 is 2.12 bits per heavy atom. The summed E-state index contributed by atoms with van der Waals surface area (Å²) in [5.41, 5.74) is 5.13. The molecule has 6 nitrogen and oxygen atoms in total. The Balaban J connectivity index is 0.00000288. The van der Waals surface area contributed by atoms with E-state index in [0.29, 0.717) is 10.9 Å². The van der Waals surface area contributed by atoms with Crippen LogP contribution in [0.3, 0.4) is 0 Å². The Morgan fingerprint density at radius 3 is 2.79 bits per heavy atom. The number of aromatic nitrogens is 2. The van der Waals surface area contributed by atoms with Gasteiger partial charge in [0.1, 0.15) is 0 Å². The van der Waals surface area contributed by atoms with Gasteiger partial charge < -0.3 is 11.1 Å². The number of carbonyl (C=O) groups is 1. The van der Waals surface area contributed by atoms with Gasteiger partial charge in [-0.15, -0.1) is 12.4 Å². The lowest BCUT2D eigenvalue weighted by molar-refractivity contribution is -0.123. The van der Waals surface area contributed by atoms with Crippen LogP contribution in [-0.2, 0) is 11.3 Å². The molecule has 0 saturated carbocycles. The highest BCUT2D eigenvalue weighted by Gasteiger charge is 2.26. The molecule has 24 heavy (non-hydrogen) atoms. The lowest BCUT2D eigenvalue weighted by Crippen LogP contribution is -2.41. The van der Waals surface area contributed by atoms with Crippen molar-refractivity contribution < 1.29 is 13.6 Å². The summed E-state index contributed by atoms with van der Waals surface area (Å²) < 4.78 is 27.9. The molecular formula is C14H16BrClF2N4O2. The van der Waals surface area contributed by atoms with Crippen molar-refractivity contribution in [1.29, 1.82) is 0 Å². The monoisotopic (exact) mass is 424 g/mol. The van der Waals surface area contributed by atoms with E-state index in [4.69, 9.17) is 5.73 Å². The third-order valence-electron chi connectivity index (χ3n) is 3.21. The highest BCUT2D eigenvalue weighted by Crippen LogP contribution is 2.14. The SMILES string of the molecule is Cl.NCC(F)(F)CNC(=O)CCn1cnc2ccc(Br)cc2c1=O. The number of hydrogen-bond acceptors (Lipinski definition) is 4. The Hall–Kier alpha value is -1.58. The van der Waals surface area contributed by atoms with Gasteiger partial charge >= 0.3 is 0 Å². The molecule has 0 aliphatic rings. The second kappa shape index (κ2) is 8.50. The first-order chi connectivity index (χ1) is 10.8. The van der Waals surface area contributed by atoms with E-state index in [1.807, 2.05) is 0 Å². The second-order valence-electron chi connectivity index (χ2n) is 4.99. The van der Waals surface area contributed by atoms with E-state index in [1.165, 1.54) is 10.9 Å². The van der Waals surface area contributed by atoms with Crippen molar-refractivity contribution in [2.45, 2.75) is 18.9 Å². The number of carbonyl (C=O) groups excluding carboxylic acids is 1. The van der Waals surface area contributed by atoms with Gasteiger partial charge in [-0.2, -0.15) is 0 Å². The molecule has 1 heterocycles. The van der Waals surface area contributed by atoms with E-state index in [1.54, 1.807) is 18.2 Å². The molecule has 2 rings (SSSR count). The molecule has 10 heteroatoms. The molecule has 0 atom stereocenters. The van der Waals surface area contributed by atoms with Crippen LogP contribution in [0.2, 0.25) is 0 Å².